The van der Waals surface area contributed by atoms with Crippen LogP contribution in [0.3, 0.4) is 0 Å². The number of nitrogens with one attached hydrogen (secondary N) is 1. The summed E-state index contributed by atoms with van der Waals surface area (Å²) in [5, 5.41) is 2.52. The highest BCUT2D eigenvalue weighted by Crippen LogP contribution is 2.07. The molecular weight excluding hydrogens is 306 g/mol. The third-order valence-corrected chi connectivity index (χ3v) is 3.48. The van der Waals surface area contributed by atoms with Gasteiger partial charge in [-0.15, -0.1) is 0 Å². The number of imidazole rings is 1. The molecule has 1 N–H and O–H groups in total. The van der Waals surface area contributed by atoms with Crippen molar-refractivity contribution in [3.63, 3.8) is 0 Å². The van der Waals surface area contributed by atoms with Crippen LogP contribution >= 0.6 is 0 Å². The van der Waals surface area contributed by atoms with Gasteiger partial charge in [0.05, 0.1) is 0 Å². The van der Waals surface area contributed by atoms with Crippen molar-refractivity contribution in [1.82, 2.24) is 14.7 Å². The molecule has 0 aliphatic carbocycles. The zero-order valence-corrected chi connectivity index (χ0v) is 13.2. The Kier molecular flexibility index (Phi) is 4.56. The lowest BCUT2D eigenvalue weighted by Crippen LogP contribution is -2.30. The maximum absolute atomic E-state index is 12.1. The number of aryl methyl sites for hydroxylation is 1. The third-order valence-electron chi connectivity index (χ3n) is 3.48. The van der Waals surface area contributed by atoms with Gasteiger partial charge >= 0.3 is 5.97 Å². The van der Waals surface area contributed by atoms with Gasteiger partial charge in [-0.3, -0.25) is 9.59 Å². The molecule has 0 fully saturated rings. The third kappa shape index (κ3) is 3.78. The molecule has 2 heterocycles. The van der Waals surface area contributed by atoms with Crippen LogP contribution in [0.4, 0.5) is 0 Å². The smallest absolute Gasteiger partial charge is 0.325 e. The summed E-state index contributed by atoms with van der Waals surface area (Å²) >= 11 is 0. The summed E-state index contributed by atoms with van der Waals surface area (Å²) in [6, 6.07) is 13.2. The van der Waals surface area contributed by atoms with Gasteiger partial charge in [-0.2, -0.15) is 0 Å². The number of aromatic nitrogens is 2. The minimum Gasteiger partial charge on any atom is -0.460 e. The van der Waals surface area contributed by atoms with Crippen molar-refractivity contribution in [2.45, 2.75) is 13.5 Å². The van der Waals surface area contributed by atoms with E-state index in [9.17, 15) is 9.59 Å². The summed E-state index contributed by atoms with van der Waals surface area (Å²) in [5.74, 6) is -0.903. The molecule has 0 saturated carbocycles. The van der Waals surface area contributed by atoms with Crippen molar-refractivity contribution in [3.05, 3.63) is 71.7 Å². The van der Waals surface area contributed by atoms with E-state index in [1.165, 1.54) is 0 Å². The summed E-state index contributed by atoms with van der Waals surface area (Å²) in [6.07, 6.45) is 3.46. The number of fused-ring (bicyclic) bond motifs is 1. The molecule has 3 rings (SSSR count). The Morgan fingerprint density at radius 2 is 2.00 bits per heavy atom. The molecular formula is C18H17N3O3. The van der Waals surface area contributed by atoms with Gasteiger partial charge in [-0.25, -0.2) is 4.98 Å². The minimum absolute atomic E-state index is 0.184. The molecule has 6 nitrogen and oxygen atoms in total. The van der Waals surface area contributed by atoms with Crippen LogP contribution in [0.2, 0.25) is 0 Å². The average molecular weight is 323 g/mol. The quantitative estimate of drug-likeness (QED) is 0.730. The van der Waals surface area contributed by atoms with Crippen LogP contribution in [0.5, 0.6) is 0 Å². The molecule has 24 heavy (non-hydrogen) atoms. The van der Waals surface area contributed by atoms with Crippen LogP contribution in [-0.4, -0.2) is 27.8 Å². The van der Waals surface area contributed by atoms with E-state index in [-0.39, 0.29) is 18.8 Å². The number of carbonyl (C=O) groups excluding carboxylic acids is 2. The highest BCUT2D eigenvalue weighted by Gasteiger charge is 2.12. The van der Waals surface area contributed by atoms with E-state index in [0.717, 1.165) is 11.1 Å². The highest BCUT2D eigenvalue weighted by molar-refractivity contribution is 5.94. The van der Waals surface area contributed by atoms with E-state index in [2.05, 4.69) is 10.3 Å². The lowest BCUT2D eigenvalue weighted by molar-refractivity contribution is -0.143. The Labute approximate surface area is 139 Å². The number of esters is 1. The maximum atomic E-state index is 12.1. The van der Waals surface area contributed by atoms with Crippen LogP contribution in [0.25, 0.3) is 5.65 Å². The van der Waals surface area contributed by atoms with E-state index < -0.39 is 11.9 Å². The van der Waals surface area contributed by atoms with E-state index in [4.69, 9.17) is 4.74 Å². The van der Waals surface area contributed by atoms with Crippen molar-refractivity contribution in [2.75, 3.05) is 6.54 Å². The molecule has 2 aromatic heterocycles. The number of pyridine rings is 1. The number of ether oxygens (including phenoxy) is 1. The molecule has 1 aromatic carbocycles. The van der Waals surface area contributed by atoms with Gasteiger partial charge in [0.2, 0.25) is 0 Å². The Morgan fingerprint density at radius 1 is 1.21 bits per heavy atom. The van der Waals surface area contributed by atoms with Gasteiger partial charge in [0.25, 0.3) is 5.91 Å². The van der Waals surface area contributed by atoms with Gasteiger partial charge in [0.15, 0.2) is 0 Å². The first-order chi connectivity index (χ1) is 11.6. The van der Waals surface area contributed by atoms with E-state index in [1.807, 2.05) is 55.6 Å². The standard InChI is InChI=1S/C18H17N3O3/c1-13-7-8-21-11-15(20-16(21)9-13)18(23)19-10-17(22)24-12-14-5-3-2-4-6-14/h2-9,11H,10,12H2,1H3,(H,19,23). The first-order valence-electron chi connectivity index (χ1n) is 7.55. The molecule has 0 bridgehead atoms. The molecule has 122 valence electrons. The molecule has 0 aliphatic heterocycles. The Hall–Kier alpha value is -3.15. The molecule has 1 amide bonds. The SMILES string of the molecule is Cc1ccn2cc(C(=O)NCC(=O)OCc3ccccc3)nc2c1. The van der Waals surface area contributed by atoms with Crippen molar-refractivity contribution < 1.29 is 14.3 Å². The van der Waals surface area contributed by atoms with Crippen LogP contribution < -0.4 is 5.32 Å². The number of hydrogen-bond acceptors (Lipinski definition) is 4. The first kappa shape index (κ1) is 15.7. The largest absolute Gasteiger partial charge is 0.460 e. The van der Waals surface area contributed by atoms with Crippen LogP contribution in [0.15, 0.2) is 54.9 Å². The number of benzene rings is 1. The zero-order chi connectivity index (χ0) is 16.9. The predicted octanol–water partition coefficient (Wildman–Crippen LogP) is 2.12. The molecule has 0 radical (unpaired) electrons. The Morgan fingerprint density at radius 3 is 2.79 bits per heavy atom. The molecule has 0 aliphatic rings. The van der Waals surface area contributed by atoms with Gasteiger partial charge < -0.3 is 14.5 Å². The van der Waals surface area contributed by atoms with Crippen molar-refractivity contribution in [2.24, 2.45) is 0 Å². The fraction of sp³-hybridized carbons (Fsp3) is 0.167. The molecule has 0 unspecified atom stereocenters. The van der Waals surface area contributed by atoms with Crippen LogP contribution in [-0.2, 0) is 16.1 Å². The Bertz CT molecular complexity index is 872. The van der Waals surface area contributed by atoms with Crippen molar-refractivity contribution in [3.8, 4) is 0 Å². The normalized spacial score (nSPS) is 10.5. The number of rotatable bonds is 5. The molecule has 0 spiro atoms. The fourth-order valence-corrected chi connectivity index (χ4v) is 2.23. The average Bonchev–Trinajstić information content (AvgIpc) is 3.02. The topological polar surface area (TPSA) is 72.7 Å². The lowest BCUT2D eigenvalue weighted by atomic mass is 10.2. The van der Waals surface area contributed by atoms with Crippen molar-refractivity contribution in [1.29, 1.82) is 0 Å². The monoisotopic (exact) mass is 323 g/mol. The minimum atomic E-state index is -0.494. The van der Waals surface area contributed by atoms with Crippen LogP contribution in [0.1, 0.15) is 21.6 Å². The van der Waals surface area contributed by atoms with Gasteiger partial charge in [0.1, 0.15) is 24.5 Å². The van der Waals surface area contributed by atoms with Gasteiger partial charge in [-0.05, 0) is 30.2 Å². The fourth-order valence-electron chi connectivity index (χ4n) is 2.23. The Balaban J connectivity index is 1.53. The molecule has 6 heteroatoms. The number of carbonyl (C=O) groups is 2. The second-order valence-electron chi connectivity index (χ2n) is 5.42. The second kappa shape index (κ2) is 6.95. The number of amides is 1. The molecule has 0 atom stereocenters. The van der Waals surface area contributed by atoms with E-state index in [0.29, 0.717) is 5.65 Å². The summed E-state index contributed by atoms with van der Waals surface area (Å²) in [7, 11) is 0. The predicted molar refractivity (Wildman–Crippen MR) is 88.5 cm³/mol. The zero-order valence-electron chi connectivity index (χ0n) is 13.2. The lowest BCUT2D eigenvalue weighted by Gasteiger charge is -2.05. The van der Waals surface area contributed by atoms with Crippen molar-refractivity contribution >= 4 is 17.5 Å². The number of nitrogens with zero attached hydrogens (tertiary/aromatic N) is 2. The first-order valence-corrected chi connectivity index (χ1v) is 7.55. The molecule has 0 saturated heterocycles. The summed E-state index contributed by atoms with van der Waals surface area (Å²) in [4.78, 5) is 28.0. The molecule has 3 aromatic rings. The van der Waals surface area contributed by atoms with Crippen LogP contribution in [0, 0.1) is 6.92 Å². The number of hydrogen-bond donors (Lipinski definition) is 1. The highest BCUT2D eigenvalue weighted by atomic mass is 16.5. The maximum Gasteiger partial charge on any atom is 0.325 e. The van der Waals surface area contributed by atoms with Gasteiger partial charge in [-0.1, -0.05) is 30.3 Å². The van der Waals surface area contributed by atoms with Gasteiger partial charge in [0, 0.05) is 12.4 Å². The van der Waals surface area contributed by atoms with E-state index in [1.54, 1.807) is 10.6 Å². The van der Waals surface area contributed by atoms with E-state index >= 15 is 0 Å². The second-order valence-corrected chi connectivity index (χ2v) is 5.42. The summed E-state index contributed by atoms with van der Waals surface area (Å²) in [5.41, 5.74) is 2.90. The summed E-state index contributed by atoms with van der Waals surface area (Å²) in [6.45, 7) is 1.94. The summed E-state index contributed by atoms with van der Waals surface area (Å²) < 4.78 is 6.87.